The van der Waals surface area contributed by atoms with Gasteiger partial charge >= 0.3 is 60.0 Å². The Morgan fingerprint density at radius 3 is 1.00 bits per heavy atom. The van der Waals surface area contributed by atoms with Gasteiger partial charge in [-0.2, -0.15) is 0 Å². The van der Waals surface area contributed by atoms with Crippen molar-refractivity contribution >= 4 is 60.0 Å². The Labute approximate surface area is 90.0 Å². The fraction of sp³-hybridized carbons (Fsp3) is 0. The van der Waals surface area contributed by atoms with E-state index in [2.05, 4.69) is 0 Å². The molecule has 3 N–H and O–H groups in total. The third kappa shape index (κ3) is 31.8. The van der Waals surface area contributed by atoms with E-state index in [0.717, 1.165) is 0 Å². The van der Waals surface area contributed by atoms with Crippen LogP contribution in [-0.4, -0.2) is 66.1 Å². The normalized spacial score (nSPS) is 6.00. The van der Waals surface area contributed by atoms with Crippen LogP contribution in [0.4, 0.5) is 0 Å². The zero-order valence-corrected chi connectivity index (χ0v) is 3.93. The predicted molar refractivity (Wildman–Crippen MR) is 20.7 cm³/mol. The molecule has 6 heteroatoms. The van der Waals surface area contributed by atoms with Crippen molar-refractivity contribution in [1.82, 2.24) is 0 Å². The molecule has 0 saturated carbocycles. The molecule has 0 saturated heterocycles. The van der Waals surface area contributed by atoms with Crippen molar-refractivity contribution in [3.8, 4) is 0 Å². The van der Waals surface area contributed by atoms with Gasteiger partial charge in [0, 0.05) is 17.1 Å². The zero-order chi connectivity index (χ0) is 3.58. The van der Waals surface area contributed by atoms with E-state index in [1.807, 2.05) is 0 Å². The summed E-state index contributed by atoms with van der Waals surface area (Å²) in [6.45, 7) is 0. The second-order valence-electron chi connectivity index (χ2n) is 0.268. The Morgan fingerprint density at radius 2 is 1.00 bits per heavy atom. The summed E-state index contributed by atoms with van der Waals surface area (Å²) in [4.78, 5) is 21.7. The minimum atomic E-state index is -2.62. The van der Waals surface area contributed by atoms with Gasteiger partial charge in [0.25, 0.3) is 0 Å². The van der Waals surface area contributed by atoms with Gasteiger partial charge in [-0.1, -0.05) is 0 Å². The maximum absolute atomic E-state index is 7.23. The summed E-state index contributed by atoms with van der Waals surface area (Å²) in [6, 6.07) is 0. The van der Waals surface area contributed by atoms with E-state index in [1.54, 1.807) is 0 Å². The van der Waals surface area contributed by atoms with Gasteiger partial charge in [-0.15, -0.1) is 0 Å². The van der Waals surface area contributed by atoms with Gasteiger partial charge < -0.3 is 14.7 Å². The van der Waals surface area contributed by atoms with E-state index >= 15 is 0 Å². The van der Waals surface area contributed by atoms with Crippen LogP contribution in [0.1, 0.15) is 0 Å². The van der Waals surface area contributed by atoms with E-state index in [-0.39, 0.29) is 68.5 Å². The standard InChI is InChI=1S/Cu.K.H3O3P.H/c;;1-4(2)3;/h;;1-3H;. The van der Waals surface area contributed by atoms with Crippen molar-refractivity contribution in [1.29, 1.82) is 0 Å². The molecule has 0 aromatic rings. The van der Waals surface area contributed by atoms with E-state index in [9.17, 15) is 0 Å². The van der Waals surface area contributed by atoms with Gasteiger partial charge in [-0.05, 0) is 0 Å². The van der Waals surface area contributed by atoms with Crippen molar-refractivity contribution < 1.29 is 31.7 Å². The van der Waals surface area contributed by atoms with Crippen LogP contribution in [0.2, 0.25) is 0 Å². The van der Waals surface area contributed by atoms with Crippen molar-refractivity contribution in [2.75, 3.05) is 0 Å². The van der Waals surface area contributed by atoms with Crippen LogP contribution >= 0.6 is 8.60 Å². The number of hydrogen-bond acceptors (Lipinski definition) is 3. The molecule has 0 atom stereocenters. The van der Waals surface area contributed by atoms with Crippen LogP contribution in [0.25, 0.3) is 0 Å². The summed E-state index contributed by atoms with van der Waals surface area (Å²) in [5.74, 6) is 0. The summed E-state index contributed by atoms with van der Waals surface area (Å²) in [5.41, 5.74) is 0. The molecule has 0 aromatic carbocycles. The predicted octanol–water partition coefficient (Wildman–Crippen LogP) is -1.46. The summed E-state index contributed by atoms with van der Waals surface area (Å²) in [7, 11) is -2.62. The Hall–Kier alpha value is 2.47. The molecule has 1 radical (unpaired) electrons. The van der Waals surface area contributed by atoms with Gasteiger partial charge in [0.05, 0.1) is 0 Å². The van der Waals surface area contributed by atoms with Crippen LogP contribution in [0.5, 0.6) is 0 Å². The summed E-state index contributed by atoms with van der Waals surface area (Å²) >= 11 is 0. The van der Waals surface area contributed by atoms with Crippen molar-refractivity contribution in [3.05, 3.63) is 0 Å². The van der Waals surface area contributed by atoms with Gasteiger partial charge in [-0.3, -0.25) is 0 Å². The minimum absolute atomic E-state index is 0. The van der Waals surface area contributed by atoms with Crippen LogP contribution in [-0.2, 0) is 17.1 Å². The molecular weight excluding hydrogens is 182 g/mol. The molecular formula is H4CuKO3P. The monoisotopic (exact) mass is 185 g/mol. The van der Waals surface area contributed by atoms with Crippen LogP contribution in [0, 0.1) is 0 Å². The van der Waals surface area contributed by atoms with Gasteiger partial charge in [0.1, 0.15) is 0 Å². The fourth-order valence-electron chi connectivity index (χ4n) is 0. The van der Waals surface area contributed by atoms with E-state index in [0.29, 0.717) is 0 Å². The average Bonchev–Trinajstić information content (AvgIpc) is 0.811. The molecule has 0 fully saturated rings. The topological polar surface area (TPSA) is 60.7 Å². The van der Waals surface area contributed by atoms with Crippen LogP contribution < -0.4 is 0 Å². The van der Waals surface area contributed by atoms with Crippen molar-refractivity contribution in [2.24, 2.45) is 0 Å². The Morgan fingerprint density at radius 1 is 1.00 bits per heavy atom. The van der Waals surface area contributed by atoms with Crippen LogP contribution in [0.15, 0.2) is 0 Å². The molecule has 0 aliphatic heterocycles. The molecule has 39 valence electrons. The zero-order valence-electron chi connectivity index (χ0n) is 2.09. The van der Waals surface area contributed by atoms with Gasteiger partial charge in [0.15, 0.2) is 0 Å². The summed E-state index contributed by atoms with van der Waals surface area (Å²) < 4.78 is 0. The molecule has 6 heavy (non-hydrogen) atoms. The van der Waals surface area contributed by atoms with Gasteiger partial charge in [-0.25, -0.2) is 0 Å². The van der Waals surface area contributed by atoms with Gasteiger partial charge in [0.2, 0.25) is 0 Å². The average molecular weight is 186 g/mol. The molecule has 0 bridgehead atoms. The third-order valence-corrected chi connectivity index (χ3v) is 0. The molecule has 3 nitrogen and oxygen atoms in total. The Bertz CT molecular complexity index is 15.5. The van der Waals surface area contributed by atoms with E-state index < -0.39 is 8.60 Å². The maximum atomic E-state index is 7.23. The van der Waals surface area contributed by atoms with Crippen molar-refractivity contribution in [3.63, 3.8) is 0 Å². The second kappa shape index (κ2) is 10.4. The first-order valence-corrected chi connectivity index (χ1v) is 1.80. The molecule has 0 aromatic heterocycles. The van der Waals surface area contributed by atoms with E-state index in [1.165, 1.54) is 0 Å². The van der Waals surface area contributed by atoms with E-state index in [4.69, 9.17) is 14.7 Å². The van der Waals surface area contributed by atoms with Crippen LogP contribution in [0.3, 0.4) is 0 Å². The molecule has 0 heterocycles. The first-order chi connectivity index (χ1) is 1.73. The number of hydrogen-bond donors (Lipinski definition) is 3. The first kappa shape index (κ1) is 15.8. The molecule has 0 rings (SSSR count). The molecule has 0 unspecified atom stereocenters. The molecule has 0 spiro atoms. The first-order valence-electron chi connectivity index (χ1n) is 0.600. The SMILES string of the molecule is OP(O)O.[Cu].[KH]. The molecule has 0 aliphatic carbocycles. The summed E-state index contributed by atoms with van der Waals surface area (Å²) in [5, 5.41) is 0. The fourth-order valence-corrected chi connectivity index (χ4v) is 0. The number of rotatable bonds is 0. The Balaban J connectivity index is -0.0000000450. The quantitative estimate of drug-likeness (QED) is 0.319. The summed E-state index contributed by atoms with van der Waals surface area (Å²) in [6.07, 6.45) is 0. The Kier molecular flexibility index (Phi) is 27.5. The second-order valence-corrected chi connectivity index (χ2v) is 0.805. The third-order valence-electron chi connectivity index (χ3n) is 0. The molecule has 0 aliphatic rings. The molecule has 0 amide bonds. The van der Waals surface area contributed by atoms with Crippen molar-refractivity contribution in [2.45, 2.75) is 0 Å².